The molecule has 1 aliphatic rings. The smallest absolute Gasteiger partial charge is 0.125 e. The Kier molecular flexibility index (Phi) is 3.77. The predicted octanol–water partition coefficient (Wildman–Crippen LogP) is 3.92. The molecule has 1 N–H and O–H groups in total. The van der Waals surface area contributed by atoms with E-state index in [1.54, 1.807) is 6.07 Å². The third-order valence-corrected chi connectivity index (χ3v) is 4.30. The number of hydrogen-bond acceptors (Lipinski definition) is 2. The number of aryl methyl sites for hydroxylation is 1. The molecule has 1 fully saturated rings. The lowest BCUT2D eigenvalue weighted by Crippen LogP contribution is -2.09. The van der Waals surface area contributed by atoms with Gasteiger partial charge in [-0.1, -0.05) is 44.2 Å². The van der Waals surface area contributed by atoms with Crippen LogP contribution in [-0.2, 0) is 13.5 Å². The van der Waals surface area contributed by atoms with Gasteiger partial charge in [0.1, 0.15) is 5.75 Å². The van der Waals surface area contributed by atoms with Crippen LogP contribution >= 0.6 is 0 Å². The number of hydrogen-bond donors (Lipinski definition) is 1. The molecule has 3 heteroatoms. The first-order valence-electron chi connectivity index (χ1n) is 7.55. The van der Waals surface area contributed by atoms with E-state index in [2.05, 4.69) is 11.3 Å². The lowest BCUT2D eigenvalue weighted by molar-refractivity contribution is 0.357. The van der Waals surface area contributed by atoms with Crippen LogP contribution in [0.3, 0.4) is 0 Å². The average Bonchev–Trinajstić information content (AvgIpc) is 2.81. The zero-order valence-electron chi connectivity index (χ0n) is 12.0. The van der Waals surface area contributed by atoms with Gasteiger partial charge in [0.25, 0.3) is 0 Å². The van der Waals surface area contributed by atoms with E-state index in [0.29, 0.717) is 5.75 Å². The van der Waals surface area contributed by atoms with Gasteiger partial charge in [0.2, 0.25) is 0 Å². The maximum atomic E-state index is 10.1. The second-order valence-corrected chi connectivity index (χ2v) is 5.90. The molecule has 0 atom stereocenters. The zero-order chi connectivity index (χ0) is 13.9. The standard InChI is InChI=1S/C17H22N2O/c1-19-12-14(11-13-7-3-2-4-8-13)17(18-19)15-9-5-6-10-16(15)20/h5-6,9-10,12-13,20H,2-4,7-8,11H2,1H3. The van der Waals surface area contributed by atoms with Crippen LogP contribution in [0.25, 0.3) is 11.3 Å². The van der Waals surface area contributed by atoms with E-state index in [4.69, 9.17) is 0 Å². The van der Waals surface area contributed by atoms with Crippen LogP contribution in [0, 0.1) is 5.92 Å². The molecule has 1 aliphatic carbocycles. The molecular formula is C17H22N2O. The van der Waals surface area contributed by atoms with Crippen LogP contribution in [0.2, 0.25) is 0 Å². The van der Waals surface area contributed by atoms with Crippen LogP contribution in [0.4, 0.5) is 0 Å². The maximum absolute atomic E-state index is 10.1. The molecule has 20 heavy (non-hydrogen) atoms. The summed E-state index contributed by atoms with van der Waals surface area (Å²) in [6.45, 7) is 0. The van der Waals surface area contributed by atoms with Gasteiger partial charge in [0.05, 0.1) is 5.69 Å². The zero-order valence-corrected chi connectivity index (χ0v) is 12.0. The van der Waals surface area contributed by atoms with Gasteiger partial charge in [-0.15, -0.1) is 0 Å². The number of rotatable bonds is 3. The van der Waals surface area contributed by atoms with Gasteiger partial charge < -0.3 is 5.11 Å². The fourth-order valence-corrected chi connectivity index (χ4v) is 3.29. The van der Waals surface area contributed by atoms with Gasteiger partial charge in [0.15, 0.2) is 0 Å². The summed E-state index contributed by atoms with van der Waals surface area (Å²) in [4.78, 5) is 0. The van der Waals surface area contributed by atoms with Crippen molar-refractivity contribution >= 4 is 0 Å². The van der Waals surface area contributed by atoms with Crippen LogP contribution in [0.1, 0.15) is 37.7 Å². The molecule has 1 heterocycles. The first-order valence-corrected chi connectivity index (χ1v) is 7.55. The molecule has 2 aromatic rings. The fourth-order valence-electron chi connectivity index (χ4n) is 3.29. The van der Waals surface area contributed by atoms with Crippen molar-refractivity contribution in [2.75, 3.05) is 0 Å². The molecule has 0 amide bonds. The summed E-state index contributed by atoms with van der Waals surface area (Å²) in [5, 5.41) is 14.6. The second-order valence-electron chi connectivity index (χ2n) is 5.90. The predicted molar refractivity (Wildman–Crippen MR) is 80.6 cm³/mol. The minimum Gasteiger partial charge on any atom is -0.507 e. The Morgan fingerprint density at radius 3 is 2.70 bits per heavy atom. The summed E-state index contributed by atoms with van der Waals surface area (Å²) >= 11 is 0. The van der Waals surface area contributed by atoms with E-state index in [1.807, 2.05) is 29.9 Å². The minimum atomic E-state index is 0.316. The number of para-hydroxylation sites is 1. The molecule has 0 unspecified atom stereocenters. The lowest BCUT2D eigenvalue weighted by atomic mass is 9.84. The van der Waals surface area contributed by atoms with E-state index in [1.165, 1.54) is 37.7 Å². The van der Waals surface area contributed by atoms with E-state index in [9.17, 15) is 5.11 Å². The van der Waals surface area contributed by atoms with Crippen molar-refractivity contribution < 1.29 is 5.11 Å². The second kappa shape index (κ2) is 5.70. The van der Waals surface area contributed by atoms with Crippen molar-refractivity contribution in [1.29, 1.82) is 0 Å². The summed E-state index contributed by atoms with van der Waals surface area (Å²) in [5.74, 6) is 1.09. The van der Waals surface area contributed by atoms with Crippen LogP contribution in [0.15, 0.2) is 30.5 Å². The number of phenols is 1. The van der Waals surface area contributed by atoms with Gasteiger partial charge in [-0.05, 0) is 30.0 Å². The molecule has 3 nitrogen and oxygen atoms in total. The summed E-state index contributed by atoms with van der Waals surface area (Å²) in [6, 6.07) is 7.48. The average molecular weight is 270 g/mol. The van der Waals surface area contributed by atoms with E-state index < -0.39 is 0 Å². The highest BCUT2D eigenvalue weighted by molar-refractivity contribution is 5.69. The molecule has 0 saturated heterocycles. The Labute approximate surface area is 120 Å². The molecule has 0 radical (unpaired) electrons. The molecule has 1 aromatic heterocycles. The number of phenolic OH excluding ortho intramolecular Hbond substituents is 1. The molecule has 106 valence electrons. The monoisotopic (exact) mass is 270 g/mol. The van der Waals surface area contributed by atoms with Crippen molar-refractivity contribution in [2.24, 2.45) is 13.0 Å². The highest BCUT2D eigenvalue weighted by Crippen LogP contribution is 2.33. The van der Waals surface area contributed by atoms with Gasteiger partial charge in [-0.25, -0.2) is 0 Å². The first kappa shape index (κ1) is 13.2. The molecule has 1 saturated carbocycles. The van der Waals surface area contributed by atoms with Crippen molar-refractivity contribution in [3.8, 4) is 17.0 Å². The third-order valence-electron chi connectivity index (χ3n) is 4.30. The van der Waals surface area contributed by atoms with Crippen LogP contribution < -0.4 is 0 Å². The Morgan fingerprint density at radius 2 is 1.95 bits per heavy atom. The number of aromatic hydroxyl groups is 1. The largest absolute Gasteiger partial charge is 0.507 e. The summed E-state index contributed by atoms with van der Waals surface area (Å²) < 4.78 is 1.86. The van der Waals surface area contributed by atoms with Crippen molar-refractivity contribution in [1.82, 2.24) is 9.78 Å². The van der Waals surface area contributed by atoms with E-state index in [0.717, 1.165) is 23.6 Å². The number of nitrogens with zero attached hydrogens (tertiary/aromatic N) is 2. The van der Waals surface area contributed by atoms with Crippen molar-refractivity contribution in [2.45, 2.75) is 38.5 Å². The Bertz CT molecular complexity index is 582. The Hall–Kier alpha value is -1.77. The lowest BCUT2D eigenvalue weighted by Gasteiger charge is -2.21. The first-order chi connectivity index (χ1) is 9.74. The molecule has 0 spiro atoms. The summed E-state index contributed by atoms with van der Waals surface area (Å²) in [6.07, 6.45) is 9.95. The Balaban J connectivity index is 1.90. The molecule has 0 aliphatic heterocycles. The van der Waals surface area contributed by atoms with Gasteiger partial charge >= 0.3 is 0 Å². The maximum Gasteiger partial charge on any atom is 0.125 e. The van der Waals surface area contributed by atoms with Gasteiger partial charge in [0, 0.05) is 18.8 Å². The van der Waals surface area contributed by atoms with Crippen molar-refractivity contribution in [3.63, 3.8) is 0 Å². The van der Waals surface area contributed by atoms with Crippen LogP contribution in [-0.4, -0.2) is 14.9 Å². The molecule has 3 rings (SSSR count). The normalized spacial score (nSPS) is 16.4. The SMILES string of the molecule is Cn1cc(CC2CCCCC2)c(-c2ccccc2O)n1. The van der Waals surface area contributed by atoms with Gasteiger partial charge in [-0.2, -0.15) is 5.10 Å². The molecule has 1 aromatic carbocycles. The third kappa shape index (κ3) is 2.72. The summed E-state index contributed by atoms with van der Waals surface area (Å²) in [7, 11) is 1.95. The number of benzene rings is 1. The quantitative estimate of drug-likeness (QED) is 0.918. The highest BCUT2D eigenvalue weighted by Gasteiger charge is 2.19. The number of aromatic nitrogens is 2. The summed E-state index contributed by atoms with van der Waals surface area (Å²) in [5.41, 5.74) is 3.05. The molecular weight excluding hydrogens is 248 g/mol. The van der Waals surface area contributed by atoms with Gasteiger partial charge in [-0.3, -0.25) is 4.68 Å². The van der Waals surface area contributed by atoms with Crippen LogP contribution in [0.5, 0.6) is 5.75 Å². The Morgan fingerprint density at radius 1 is 1.20 bits per heavy atom. The fraction of sp³-hybridized carbons (Fsp3) is 0.471. The highest BCUT2D eigenvalue weighted by atomic mass is 16.3. The van der Waals surface area contributed by atoms with Crippen molar-refractivity contribution in [3.05, 3.63) is 36.0 Å². The molecule has 0 bridgehead atoms. The topological polar surface area (TPSA) is 38.0 Å². The van der Waals surface area contributed by atoms with E-state index >= 15 is 0 Å². The van der Waals surface area contributed by atoms with E-state index in [-0.39, 0.29) is 0 Å². The minimum absolute atomic E-state index is 0.316.